The molecule has 0 spiro atoms. The zero-order valence-corrected chi connectivity index (χ0v) is 11.3. The van der Waals surface area contributed by atoms with Gasteiger partial charge in [-0.3, -0.25) is 9.88 Å². The van der Waals surface area contributed by atoms with E-state index in [0.717, 1.165) is 18.4 Å². The predicted octanol–water partition coefficient (Wildman–Crippen LogP) is 3.00. The van der Waals surface area contributed by atoms with Crippen LogP contribution in [-0.2, 0) is 6.54 Å². The molecule has 1 aromatic heterocycles. The highest BCUT2D eigenvalue weighted by molar-refractivity contribution is 9.09. The highest BCUT2D eigenvalue weighted by atomic mass is 79.9. The third-order valence-corrected chi connectivity index (χ3v) is 2.93. The van der Waals surface area contributed by atoms with E-state index < -0.39 is 0 Å². The van der Waals surface area contributed by atoms with Crippen LogP contribution in [0.25, 0.3) is 0 Å². The van der Waals surface area contributed by atoms with Gasteiger partial charge in [0.2, 0.25) is 0 Å². The number of aryl methyl sites for hydroxylation is 1. The Morgan fingerprint density at radius 2 is 2.20 bits per heavy atom. The largest absolute Gasteiger partial charge is 0.294 e. The van der Waals surface area contributed by atoms with E-state index in [9.17, 15) is 0 Å². The third kappa shape index (κ3) is 3.92. The molecule has 84 valence electrons. The van der Waals surface area contributed by atoms with Crippen LogP contribution in [0, 0.1) is 6.92 Å². The summed E-state index contributed by atoms with van der Waals surface area (Å²) < 4.78 is 0. The molecular formula is C12H19BrN2. The van der Waals surface area contributed by atoms with Gasteiger partial charge in [-0.1, -0.05) is 22.0 Å². The molecule has 0 aliphatic heterocycles. The van der Waals surface area contributed by atoms with E-state index in [4.69, 9.17) is 0 Å². The van der Waals surface area contributed by atoms with Gasteiger partial charge < -0.3 is 0 Å². The van der Waals surface area contributed by atoms with Crippen molar-refractivity contribution < 1.29 is 0 Å². The fourth-order valence-electron chi connectivity index (χ4n) is 1.50. The average Bonchev–Trinajstić information content (AvgIpc) is 2.20. The maximum absolute atomic E-state index is 4.43. The van der Waals surface area contributed by atoms with Crippen LogP contribution >= 0.6 is 15.9 Å². The van der Waals surface area contributed by atoms with Gasteiger partial charge in [0.25, 0.3) is 0 Å². The van der Waals surface area contributed by atoms with Crippen molar-refractivity contribution in [1.82, 2.24) is 9.88 Å². The first-order valence-electron chi connectivity index (χ1n) is 5.35. The van der Waals surface area contributed by atoms with Crippen molar-refractivity contribution in [1.29, 1.82) is 0 Å². The number of pyridine rings is 1. The van der Waals surface area contributed by atoms with E-state index in [2.05, 4.69) is 52.7 Å². The minimum Gasteiger partial charge on any atom is -0.294 e. The van der Waals surface area contributed by atoms with Crippen molar-refractivity contribution >= 4 is 15.9 Å². The van der Waals surface area contributed by atoms with E-state index in [0.29, 0.717) is 6.04 Å². The summed E-state index contributed by atoms with van der Waals surface area (Å²) in [7, 11) is 0. The summed E-state index contributed by atoms with van der Waals surface area (Å²) in [5, 5.41) is 1.01. The molecule has 0 aliphatic rings. The molecule has 3 heteroatoms. The molecule has 0 aliphatic carbocycles. The summed E-state index contributed by atoms with van der Waals surface area (Å²) >= 11 is 3.49. The molecule has 1 heterocycles. The zero-order chi connectivity index (χ0) is 11.3. The number of hydrogen-bond donors (Lipinski definition) is 0. The Hall–Kier alpha value is -0.410. The van der Waals surface area contributed by atoms with E-state index in [-0.39, 0.29) is 0 Å². The predicted molar refractivity (Wildman–Crippen MR) is 68.3 cm³/mol. The van der Waals surface area contributed by atoms with Crippen LogP contribution < -0.4 is 0 Å². The average molecular weight is 271 g/mol. The first kappa shape index (κ1) is 12.7. The molecule has 0 bridgehead atoms. The Kier molecular flexibility index (Phi) is 5.26. The lowest BCUT2D eigenvalue weighted by Crippen LogP contribution is -2.32. The number of nitrogens with zero attached hydrogens (tertiary/aromatic N) is 2. The maximum Gasteiger partial charge on any atom is 0.0573 e. The van der Waals surface area contributed by atoms with Crippen LogP contribution in [-0.4, -0.2) is 27.8 Å². The molecule has 0 amide bonds. The van der Waals surface area contributed by atoms with Gasteiger partial charge >= 0.3 is 0 Å². The van der Waals surface area contributed by atoms with Gasteiger partial charge in [0.1, 0.15) is 0 Å². The molecule has 0 N–H and O–H groups in total. The number of hydrogen-bond acceptors (Lipinski definition) is 2. The Balaban J connectivity index is 2.69. The van der Waals surface area contributed by atoms with Gasteiger partial charge in [0.05, 0.1) is 5.69 Å². The lowest BCUT2D eigenvalue weighted by atomic mass is 10.2. The topological polar surface area (TPSA) is 16.1 Å². The third-order valence-electron chi connectivity index (χ3n) is 2.57. The molecule has 0 aromatic carbocycles. The van der Waals surface area contributed by atoms with Crippen molar-refractivity contribution in [2.75, 3.05) is 11.9 Å². The molecule has 0 saturated carbocycles. The van der Waals surface area contributed by atoms with Crippen LogP contribution in [0.5, 0.6) is 0 Å². The summed E-state index contributed by atoms with van der Waals surface area (Å²) in [5.74, 6) is 0. The molecule has 15 heavy (non-hydrogen) atoms. The molecule has 0 unspecified atom stereocenters. The molecule has 0 fully saturated rings. The lowest BCUT2D eigenvalue weighted by molar-refractivity contribution is 0.224. The molecule has 0 saturated heterocycles. The Morgan fingerprint density at radius 1 is 1.47 bits per heavy atom. The highest BCUT2D eigenvalue weighted by Gasteiger charge is 2.10. The smallest absolute Gasteiger partial charge is 0.0573 e. The van der Waals surface area contributed by atoms with Crippen LogP contribution in [0.1, 0.15) is 25.1 Å². The number of rotatable bonds is 5. The van der Waals surface area contributed by atoms with Gasteiger partial charge in [0.15, 0.2) is 0 Å². The fraction of sp³-hybridized carbons (Fsp3) is 0.583. The van der Waals surface area contributed by atoms with Crippen LogP contribution in [0.2, 0.25) is 0 Å². The van der Waals surface area contributed by atoms with Gasteiger partial charge in [0, 0.05) is 30.7 Å². The quantitative estimate of drug-likeness (QED) is 0.765. The molecule has 1 rings (SSSR count). The van der Waals surface area contributed by atoms with Crippen molar-refractivity contribution in [3.05, 3.63) is 29.6 Å². The first-order chi connectivity index (χ1) is 7.15. The number of aromatic nitrogens is 1. The van der Waals surface area contributed by atoms with Gasteiger partial charge in [-0.05, 0) is 32.4 Å². The summed E-state index contributed by atoms with van der Waals surface area (Å²) in [6.45, 7) is 8.57. The second-order valence-electron chi connectivity index (χ2n) is 4.02. The van der Waals surface area contributed by atoms with Crippen LogP contribution in [0.15, 0.2) is 18.3 Å². The lowest BCUT2D eigenvalue weighted by Gasteiger charge is -2.25. The van der Waals surface area contributed by atoms with E-state index in [1.165, 1.54) is 11.3 Å². The van der Waals surface area contributed by atoms with E-state index >= 15 is 0 Å². The second-order valence-corrected chi connectivity index (χ2v) is 4.81. The molecule has 1 aromatic rings. The summed E-state index contributed by atoms with van der Waals surface area (Å²) in [4.78, 5) is 6.85. The van der Waals surface area contributed by atoms with E-state index in [1.54, 1.807) is 0 Å². The Morgan fingerprint density at radius 3 is 2.73 bits per heavy atom. The van der Waals surface area contributed by atoms with Crippen LogP contribution in [0.3, 0.4) is 0 Å². The maximum atomic E-state index is 4.43. The molecule has 0 atom stereocenters. The Bertz CT molecular complexity index is 299. The monoisotopic (exact) mass is 270 g/mol. The minimum atomic E-state index is 0.559. The second kappa shape index (κ2) is 6.23. The molecular weight excluding hydrogens is 252 g/mol. The zero-order valence-electron chi connectivity index (χ0n) is 9.70. The van der Waals surface area contributed by atoms with Crippen molar-refractivity contribution in [3.63, 3.8) is 0 Å². The number of alkyl halides is 1. The first-order valence-corrected chi connectivity index (χ1v) is 6.47. The van der Waals surface area contributed by atoms with Gasteiger partial charge in [-0.25, -0.2) is 0 Å². The summed E-state index contributed by atoms with van der Waals surface area (Å²) in [6, 6.07) is 4.67. The standard InChI is InChI=1S/C12H19BrN2/c1-10(2)15(8-6-13)9-12-11(3)5-4-7-14-12/h4-5,7,10H,6,8-9H2,1-3H3. The molecule has 2 nitrogen and oxygen atoms in total. The van der Waals surface area contributed by atoms with Gasteiger partial charge in [-0.2, -0.15) is 0 Å². The van der Waals surface area contributed by atoms with Gasteiger partial charge in [-0.15, -0.1) is 0 Å². The van der Waals surface area contributed by atoms with E-state index in [1.807, 2.05) is 12.3 Å². The normalized spacial score (nSPS) is 11.3. The van der Waals surface area contributed by atoms with Crippen molar-refractivity contribution in [2.24, 2.45) is 0 Å². The highest BCUT2D eigenvalue weighted by Crippen LogP contribution is 2.10. The summed E-state index contributed by atoms with van der Waals surface area (Å²) in [5.41, 5.74) is 2.46. The van der Waals surface area contributed by atoms with Crippen molar-refractivity contribution in [2.45, 2.75) is 33.4 Å². The fourth-order valence-corrected chi connectivity index (χ4v) is 1.96. The molecule has 0 radical (unpaired) electrons. The van der Waals surface area contributed by atoms with Crippen molar-refractivity contribution in [3.8, 4) is 0 Å². The minimum absolute atomic E-state index is 0.559. The van der Waals surface area contributed by atoms with Crippen LogP contribution in [0.4, 0.5) is 0 Å². The summed E-state index contributed by atoms with van der Waals surface area (Å²) in [6.07, 6.45) is 1.87. The number of halogens is 1. The Labute approximate surface area is 101 Å². The SMILES string of the molecule is Cc1cccnc1CN(CCBr)C(C)C.